The van der Waals surface area contributed by atoms with Gasteiger partial charge in [-0.2, -0.15) is 0 Å². The minimum Gasteiger partial charge on any atom is -0.326 e. The molecule has 2 unspecified atom stereocenters. The molecule has 1 aliphatic rings. The van der Waals surface area contributed by atoms with Crippen LogP contribution < -0.4 is 5.73 Å². The monoisotopic (exact) mass is 227 g/mol. The highest BCUT2D eigenvalue weighted by molar-refractivity contribution is 4.86. The normalized spacial score (nSPS) is 27.9. The van der Waals surface area contributed by atoms with Crippen molar-refractivity contribution in [3.63, 3.8) is 0 Å². The molecule has 0 spiro atoms. The van der Waals surface area contributed by atoms with E-state index < -0.39 is 0 Å². The molecule has 16 heavy (non-hydrogen) atoms. The summed E-state index contributed by atoms with van der Waals surface area (Å²) in [4.78, 5) is 4.94. The van der Waals surface area contributed by atoms with E-state index in [0.717, 1.165) is 18.4 Å². The first kappa shape index (κ1) is 13.9. The van der Waals surface area contributed by atoms with E-state index in [4.69, 9.17) is 5.73 Å². The van der Waals surface area contributed by atoms with Crippen molar-refractivity contribution < 1.29 is 0 Å². The second-order valence-electron chi connectivity index (χ2n) is 6.36. The minimum absolute atomic E-state index is 0.00765. The topological polar surface area (TPSA) is 32.5 Å². The zero-order valence-corrected chi connectivity index (χ0v) is 11.7. The van der Waals surface area contributed by atoms with Crippen LogP contribution in [-0.2, 0) is 0 Å². The zero-order chi connectivity index (χ0) is 12.3. The largest absolute Gasteiger partial charge is 0.326 e. The predicted octanol–water partition coefficient (Wildman–Crippen LogP) is 1.39. The third kappa shape index (κ3) is 4.40. The van der Waals surface area contributed by atoms with Crippen LogP contribution in [0, 0.1) is 5.92 Å². The summed E-state index contributed by atoms with van der Waals surface area (Å²) < 4.78 is 0. The first-order valence-electron chi connectivity index (χ1n) is 6.47. The Labute approximate surface area is 101 Å². The van der Waals surface area contributed by atoms with E-state index >= 15 is 0 Å². The first-order chi connectivity index (χ1) is 7.29. The van der Waals surface area contributed by atoms with Crippen molar-refractivity contribution in [3.8, 4) is 0 Å². The van der Waals surface area contributed by atoms with E-state index in [0.29, 0.717) is 0 Å². The highest BCUT2D eigenvalue weighted by Crippen LogP contribution is 2.20. The van der Waals surface area contributed by atoms with Gasteiger partial charge in [-0.25, -0.2) is 0 Å². The Morgan fingerprint density at radius 3 is 2.38 bits per heavy atom. The summed E-state index contributed by atoms with van der Waals surface area (Å²) >= 11 is 0. The molecule has 1 aliphatic heterocycles. The van der Waals surface area contributed by atoms with E-state index in [1.807, 2.05) is 0 Å². The summed E-state index contributed by atoms with van der Waals surface area (Å²) in [5.74, 6) is 0.792. The van der Waals surface area contributed by atoms with Gasteiger partial charge in [0, 0.05) is 24.7 Å². The van der Waals surface area contributed by atoms with Crippen LogP contribution in [0.2, 0.25) is 0 Å². The molecule has 2 atom stereocenters. The van der Waals surface area contributed by atoms with Crippen LogP contribution in [-0.4, -0.2) is 55.1 Å². The van der Waals surface area contributed by atoms with Gasteiger partial charge < -0.3 is 15.5 Å². The van der Waals surface area contributed by atoms with Crippen molar-refractivity contribution in [1.29, 1.82) is 0 Å². The minimum atomic E-state index is -0.00765. The molecule has 0 radical (unpaired) electrons. The Bertz CT molecular complexity index is 208. The van der Waals surface area contributed by atoms with Crippen LogP contribution in [0.5, 0.6) is 0 Å². The Morgan fingerprint density at radius 1 is 1.31 bits per heavy atom. The number of likely N-dealkylation sites (tertiary alicyclic amines) is 1. The van der Waals surface area contributed by atoms with Gasteiger partial charge in [-0.05, 0) is 53.2 Å². The molecule has 1 rings (SSSR count). The molecular formula is C13H29N3. The third-order valence-corrected chi connectivity index (χ3v) is 3.61. The lowest BCUT2D eigenvalue weighted by molar-refractivity contribution is 0.249. The maximum atomic E-state index is 6.00. The van der Waals surface area contributed by atoms with Crippen LogP contribution in [0.15, 0.2) is 0 Å². The second-order valence-corrected chi connectivity index (χ2v) is 6.36. The van der Waals surface area contributed by atoms with Gasteiger partial charge in [0.25, 0.3) is 0 Å². The summed E-state index contributed by atoms with van der Waals surface area (Å²) in [6.07, 6.45) is 2.33. The molecule has 0 aliphatic carbocycles. The fraction of sp³-hybridized carbons (Fsp3) is 1.00. The molecule has 1 heterocycles. The van der Waals surface area contributed by atoms with Gasteiger partial charge in [0.1, 0.15) is 0 Å². The lowest BCUT2D eigenvalue weighted by Gasteiger charge is -2.23. The molecule has 0 saturated carbocycles. The average Bonchev–Trinajstić information content (AvgIpc) is 2.44. The number of rotatable bonds is 5. The SMILES string of the molecule is CC1CN(CCCC(C)(C)N)CC1N(C)C. The van der Waals surface area contributed by atoms with Gasteiger partial charge in [0.15, 0.2) is 0 Å². The van der Waals surface area contributed by atoms with Gasteiger partial charge in [-0.3, -0.25) is 0 Å². The van der Waals surface area contributed by atoms with Crippen LogP contribution >= 0.6 is 0 Å². The summed E-state index contributed by atoms with van der Waals surface area (Å²) in [5.41, 5.74) is 5.99. The van der Waals surface area contributed by atoms with Crippen LogP contribution in [0.4, 0.5) is 0 Å². The lowest BCUT2D eigenvalue weighted by Crippen LogP contribution is -2.35. The van der Waals surface area contributed by atoms with Gasteiger partial charge in [-0.15, -0.1) is 0 Å². The van der Waals surface area contributed by atoms with Crippen molar-refractivity contribution in [2.75, 3.05) is 33.7 Å². The quantitative estimate of drug-likeness (QED) is 0.770. The summed E-state index contributed by atoms with van der Waals surface area (Å²) in [6.45, 7) is 10.3. The van der Waals surface area contributed by atoms with Gasteiger partial charge in [-0.1, -0.05) is 6.92 Å². The van der Waals surface area contributed by atoms with Crippen molar-refractivity contribution in [2.45, 2.75) is 45.2 Å². The molecule has 96 valence electrons. The molecule has 1 saturated heterocycles. The highest BCUT2D eigenvalue weighted by atomic mass is 15.2. The summed E-state index contributed by atoms with van der Waals surface area (Å²) in [7, 11) is 4.38. The molecule has 0 aromatic carbocycles. The fourth-order valence-electron chi connectivity index (χ4n) is 2.66. The van der Waals surface area contributed by atoms with E-state index in [-0.39, 0.29) is 5.54 Å². The number of nitrogens with two attached hydrogens (primary N) is 1. The second kappa shape index (κ2) is 5.48. The van der Waals surface area contributed by atoms with E-state index in [2.05, 4.69) is 44.7 Å². The van der Waals surface area contributed by atoms with Gasteiger partial charge in [0.2, 0.25) is 0 Å². The standard InChI is InChI=1S/C13H29N3/c1-11-9-16(10-12(11)15(4)5)8-6-7-13(2,3)14/h11-12H,6-10,14H2,1-5H3. The molecule has 0 aromatic heterocycles. The molecule has 3 nitrogen and oxygen atoms in total. The maximum absolute atomic E-state index is 6.00. The molecule has 3 heteroatoms. The van der Waals surface area contributed by atoms with E-state index in [1.165, 1.54) is 26.1 Å². The van der Waals surface area contributed by atoms with E-state index in [9.17, 15) is 0 Å². The number of hydrogen-bond donors (Lipinski definition) is 1. The van der Waals surface area contributed by atoms with Crippen molar-refractivity contribution >= 4 is 0 Å². The zero-order valence-electron chi connectivity index (χ0n) is 11.7. The maximum Gasteiger partial charge on any atom is 0.0254 e. The lowest BCUT2D eigenvalue weighted by atomic mass is 10.0. The molecule has 1 fully saturated rings. The predicted molar refractivity (Wildman–Crippen MR) is 70.6 cm³/mol. The van der Waals surface area contributed by atoms with Crippen molar-refractivity contribution in [3.05, 3.63) is 0 Å². The Kier molecular flexibility index (Phi) is 4.77. The number of nitrogens with zero attached hydrogens (tertiary/aromatic N) is 2. The summed E-state index contributed by atoms with van der Waals surface area (Å²) in [5, 5.41) is 0. The first-order valence-corrected chi connectivity index (χ1v) is 6.47. The molecule has 0 bridgehead atoms. The Balaban J connectivity index is 2.26. The molecule has 2 N–H and O–H groups in total. The van der Waals surface area contributed by atoms with Crippen LogP contribution in [0.3, 0.4) is 0 Å². The Hall–Kier alpha value is -0.120. The molecule has 0 aromatic rings. The number of hydrogen-bond acceptors (Lipinski definition) is 3. The van der Waals surface area contributed by atoms with Crippen molar-refractivity contribution in [2.24, 2.45) is 11.7 Å². The highest BCUT2D eigenvalue weighted by Gasteiger charge is 2.30. The number of likely N-dealkylation sites (N-methyl/N-ethyl adjacent to an activating group) is 1. The van der Waals surface area contributed by atoms with Gasteiger partial charge >= 0.3 is 0 Å². The van der Waals surface area contributed by atoms with Crippen molar-refractivity contribution in [1.82, 2.24) is 9.80 Å². The van der Waals surface area contributed by atoms with Crippen LogP contribution in [0.25, 0.3) is 0 Å². The third-order valence-electron chi connectivity index (χ3n) is 3.61. The summed E-state index contributed by atoms with van der Waals surface area (Å²) in [6, 6.07) is 0.728. The fourth-order valence-corrected chi connectivity index (χ4v) is 2.66. The van der Waals surface area contributed by atoms with Gasteiger partial charge in [0.05, 0.1) is 0 Å². The average molecular weight is 227 g/mol. The van der Waals surface area contributed by atoms with Crippen LogP contribution in [0.1, 0.15) is 33.6 Å². The molecular weight excluding hydrogens is 198 g/mol. The smallest absolute Gasteiger partial charge is 0.0254 e. The molecule has 0 amide bonds. The Morgan fingerprint density at radius 2 is 1.94 bits per heavy atom. The van der Waals surface area contributed by atoms with E-state index in [1.54, 1.807) is 0 Å².